The maximum Gasteiger partial charge on any atom is 0.255 e. The fourth-order valence-electron chi connectivity index (χ4n) is 3.23. The summed E-state index contributed by atoms with van der Waals surface area (Å²) in [5.41, 5.74) is 2.05. The van der Waals surface area contributed by atoms with Gasteiger partial charge in [0, 0.05) is 29.6 Å². The van der Waals surface area contributed by atoms with Gasteiger partial charge >= 0.3 is 0 Å². The van der Waals surface area contributed by atoms with E-state index in [9.17, 15) is 9.59 Å². The van der Waals surface area contributed by atoms with E-state index in [0.29, 0.717) is 35.7 Å². The number of ether oxygens (including phenoxy) is 2. The van der Waals surface area contributed by atoms with Gasteiger partial charge in [-0.25, -0.2) is 0 Å². The van der Waals surface area contributed by atoms with Crippen molar-refractivity contribution in [3.63, 3.8) is 0 Å². The third kappa shape index (κ3) is 7.02. The van der Waals surface area contributed by atoms with Gasteiger partial charge in [0.2, 0.25) is 5.91 Å². The van der Waals surface area contributed by atoms with Crippen molar-refractivity contribution in [2.45, 2.75) is 51.9 Å². The lowest BCUT2D eigenvalue weighted by Crippen LogP contribution is -2.36. The van der Waals surface area contributed by atoms with Crippen LogP contribution in [0, 0.1) is 0 Å². The lowest BCUT2D eigenvalue weighted by Gasteiger charge is -2.26. The number of unbranched alkanes of at least 4 members (excludes halogenated alkanes) is 2. The zero-order valence-corrected chi connectivity index (χ0v) is 19.2. The second kappa shape index (κ2) is 11.4. The van der Waals surface area contributed by atoms with Crippen LogP contribution in [0.1, 0.15) is 62.4 Å². The molecule has 0 aliphatic carbocycles. The van der Waals surface area contributed by atoms with E-state index in [1.807, 2.05) is 24.3 Å². The van der Waals surface area contributed by atoms with Crippen LogP contribution in [0.3, 0.4) is 0 Å². The molecule has 0 spiro atoms. The number of rotatable bonds is 11. The Kier molecular flexibility index (Phi) is 8.91. The summed E-state index contributed by atoms with van der Waals surface area (Å²) in [7, 11) is 3.09. The van der Waals surface area contributed by atoms with Crippen LogP contribution in [0.5, 0.6) is 11.5 Å². The van der Waals surface area contributed by atoms with E-state index in [1.54, 1.807) is 25.3 Å². The van der Waals surface area contributed by atoms with E-state index in [0.717, 1.165) is 24.8 Å². The number of benzene rings is 2. The molecule has 0 unspecified atom stereocenters. The van der Waals surface area contributed by atoms with E-state index in [2.05, 4.69) is 31.4 Å². The first-order valence-electron chi connectivity index (χ1n) is 10.7. The third-order valence-electron chi connectivity index (χ3n) is 5.30. The summed E-state index contributed by atoms with van der Waals surface area (Å²) in [6.07, 6.45) is 3.68. The predicted molar refractivity (Wildman–Crippen MR) is 124 cm³/mol. The zero-order chi connectivity index (χ0) is 22.9. The van der Waals surface area contributed by atoms with Gasteiger partial charge in [0.05, 0.1) is 14.2 Å². The first-order chi connectivity index (χ1) is 14.8. The van der Waals surface area contributed by atoms with Gasteiger partial charge in [0.1, 0.15) is 0 Å². The molecule has 2 aromatic rings. The number of hydrogen-bond donors (Lipinski definition) is 2. The van der Waals surface area contributed by atoms with Gasteiger partial charge in [-0.05, 0) is 42.3 Å². The first-order valence-corrected chi connectivity index (χ1v) is 10.7. The van der Waals surface area contributed by atoms with Crippen LogP contribution in [0.4, 0.5) is 5.69 Å². The lowest BCUT2D eigenvalue weighted by molar-refractivity contribution is -0.121. The topological polar surface area (TPSA) is 76.7 Å². The summed E-state index contributed by atoms with van der Waals surface area (Å²) in [5.74, 6) is 0.944. The molecular weight excluding hydrogens is 392 g/mol. The molecule has 0 aliphatic rings. The number of anilines is 1. The van der Waals surface area contributed by atoms with Gasteiger partial charge in [-0.1, -0.05) is 45.7 Å². The summed E-state index contributed by atoms with van der Waals surface area (Å²) in [5, 5.41) is 5.94. The molecule has 0 aliphatic heterocycles. The van der Waals surface area contributed by atoms with Gasteiger partial charge in [-0.15, -0.1) is 0 Å². The average molecular weight is 427 g/mol. The van der Waals surface area contributed by atoms with Crippen LogP contribution in [0.2, 0.25) is 0 Å². The van der Waals surface area contributed by atoms with Crippen molar-refractivity contribution < 1.29 is 19.1 Å². The molecule has 0 heterocycles. The molecule has 0 saturated heterocycles. The number of amides is 2. The van der Waals surface area contributed by atoms with E-state index in [1.165, 1.54) is 7.11 Å². The van der Waals surface area contributed by atoms with E-state index in [4.69, 9.17) is 9.47 Å². The molecule has 6 heteroatoms. The fourth-order valence-corrected chi connectivity index (χ4v) is 3.23. The molecule has 0 fully saturated rings. The SMILES string of the molecule is CCCCCC(=O)NCC(C)(C)c1ccc(NC(=O)c2ccc(OC)c(OC)c2)cc1. The minimum absolute atomic E-state index is 0.0975. The highest BCUT2D eigenvalue weighted by atomic mass is 16.5. The Bertz CT molecular complexity index is 876. The Morgan fingerprint density at radius 1 is 0.935 bits per heavy atom. The van der Waals surface area contributed by atoms with Gasteiger partial charge in [0.25, 0.3) is 5.91 Å². The van der Waals surface area contributed by atoms with Crippen molar-refractivity contribution in [3.8, 4) is 11.5 Å². The van der Waals surface area contributed by atoms with Crippen LogP contribution >= 0.6 is 0 Å². The molecule has 2 aromatic carbocycles. The molecule has 0 saturated carbocycles. The summed E-state index contributed by atoms with van der Waals surface area (Å²) >= 11 is 0. The second-order valence-corrected chi connectivity index (χ2v) is 8.22. The number of carbonyl (C=O) groups is 2. The monoisotopic (exact) mass is 426 g/mol. The van der Waals surface area contributed by atoms with Crippen molar-refractivity contribution in [2.24, 2.45) is 0 Å². The molecule has 0 bridgehead atoms. The number of nitrogens with one attached hydrogen (secondary N) is 2. The van der Waals surface area contributed by atoms with Crippen LogP contribution < -0.4 is 20.1 Å². The summed E-state index contributed by atoms with van der Waals surface area (Å²) < 4.78 is 10.5. The maximum absolute atomic E-state index is 12.6. The Morgan fingerprint density at radius 2 is 1.61 bits per heavy atom. The van der Waals surface area contributed by atoms with Crippen LogP contribution in [-0.2, 0) is 10.2 Å². The minimum atomic E-state index is -0.229. The average Bonchev–Trinajstić information content (AvgIpc) is 2.77. The smallest absolute Gasteiger partial charge is 0.255 e. The fraction of sp³-hybridized carbons (Fsp3) is 0.440. The lowest BCUT2D eigenvalue weighted by atomic mass is 9.84. The maximum atomic E-state index is 12.6. The van der Waals surface area contributed by atoms with Gasteiger partial charge in [0.15, 0.2) is 11.5 Å². The van der Waals surface area contributed by atoms with Crippen molar-refractivity contribution >= 4 is 17.5 Å². The number of carbonyl (C=O) groups excluding carboxylic acids is 2. The predicted octanol–water partition coefficient (Wildman–Crippen LogP) is 4.93. The standard InChI is InChI=1S/C25H34N2O4/c1-6-7-8-9-23(28)26-17-25(2,3)19-11-13-20(14-12-19)27-24(29)18-10-15-21(30-4)22(16-18)31-5/h10-16H,6-9,17H2,1-5H3,(H,26,28)(H,27,29). The summed E-state index contributed by atoms with van der Waals surface area (Å²) in [6.45, 7) is 6.88. The normalized spacial score (nSPS) is 11.0. The Hall–Kier alpha value is -3.02. The van der Waals surface area contributed by atoms with E-state index in [-0.39, 0.29) is 17.2 Å². The Balaban J connectivity index is 1.97. The van der Waals surface area contributed by atoms with Gasteiger partial charge in [-0.3, -0.25) is 9.59 Å². The largest absolute Gasteiger partial charge is 0.493 e. The van der Waals surface area contributed by atoms with Crippen molar-refractivity contribution in [3.05, 3.63) is 53.6 Å². The molecule has 2 N–H and O–H groups in total. The van der Waals surface area contributed by atoms with E-state index < -0.39 is 0 Å². The second-order valence-electron chi connectivity index (χ2n) is 8.22. The molecule has 6 nitrogen and oxygen atoms in total. The minimum Gasteiger partial charge on any atom is -0.493 e. The van der Waals surface area contributed by atoms with Crippen molar-refractivity contribution in [2.75, 3.05) is 26.1 Å². The molecule has 31 heavy (non-hydrogen) atoms. The highest BCUT2D eigenvalue weighted by molar-refractivity contribution is 6.04. The Labute approximate surface area is 185 Å². The van der Waals surface area contributed by atoms with Crippen LogP contribution in [0.15, 0.2) is 42.5 Å². The van der Waals surface area contributed by atoms with Crippen molar-refractivity contribution in [1.29, 1.82) is 0 Å². The van der Waals surface area contributed by atoms with Crippen LogP contribution in [0.25, 0.3) is 0 Å². The van der Waals surface area contributed by atoms with Gasteiger partial charge in [-0.2, -0.15) is 0 Å². The quantitative estimate of drug-likeness (QED) is 0.500. The van der Waals surface area contributed by atoms with E-state index >= 15 is 0 Å². The summed E-state index contributed by atoms with van der Waals surface area (Å²) in [4.78, 5) is 24.6. The Morgan fingerprint density at radius 3 is 2.23 bits per heavy atom. The van der Waals surface area contributed by atoms with Gasteiger partial charge < -0.3 is 20.1 Å². The molecule has 168 valence electrons. The third-order valence-corrected chi connectivity index (χ3v) is 5.30. The first kappa shape index (κ1) is 24.3. The number of methoxy groups -OCH3 is 2. The molecular formula is C25H34N2O4. The highest BCUT2D eigenvalue weighted by Crippen LogP contribution is 2.28. The highest BCUT2D eigenvalue weighted by Gasteiger charge is 2.21. The summed E-state index contributed by atoms with van der Waals surface area (Å²) in [6, 6.07) is 12.8. The van der Waals surface area contributed by atoms with Crippen LogP contribution in [-0.4, -0.2) is 32.6 Å². The molecule has 0 radical (unpaired) electrons. The zero-order valence-electron chi connectivity index (χ0n) is 19.2. The molecule has 0 atom stereocenters. The van der Waals surface area contributed by atoms with Crippen molar-refractivity contribution in [1.82, 2.24) is 5.32 Å². The molecule has 2 rings (SSSR count). The molecule has 0 aromatic heterocycles. The number of hydrogen-bond acceptors (Lipinski definition) is 4. The molecule has 2 amide bonds.